The van der Waals surface area contributed by atoms with E-state index in [0.717, 1.165) is 11.4 Å². The van der Waals surface area contributed by atoms with Crippen molar-refractivity contribution in [2.45, 2.75) is 32.7 Å². The van der Waals surface area contributed by atoms with Gasteiger partial charge in [0.25, 0.3) is 0 Å². The molecular formula is C15H25BrO3Si. The van der Waals surface area contributed by atoms with Crippen LogP contribution in [0, 0.1) is 0 Å². The third-order valence-corrected chi connectivity index (χ3v) is 7.01. The summed E-state index contributed by atoms with van der Waals surface area (Å²) in [5.41, 5.74) is 1.29. The molecule has 0 radical (unpaired) electrons. The van der Waals surface area contributed by atoms with Crippen molar-refractivity contribution < 1.29 is 13.3 Å². The quantitative estimate of drug-likeness (QED) is 0.461. The number of benzene rings is 1. The van der Waals surface area contributed by atoms with Crippen molar-refractivity contribution in [1.29, 1.82) is 0 Å². The van der Waals surface area contributed by atoms with Gasteiger partial charge in [-0.1, -0.05) is 46.3 Å². The van der Waals surface area contributed by atoms with Gasteiger partial charge in [0.2, 0.25) is 0 Å². The van der Waals surface area contributed by atoms with Gasteiger partial charge < -0.3 is 13.3 Å². The zero-order valence-electron chi connectivity index (χ0n) is 12.6. The highest BCUT2D eigenvalue weighted by Crippen LogP contribution is 2.30. The highest BCUT2D eigenvalue weighted by Gasteiger charge is 2.42. The normalized spacial score (nSPS) is 13.4. The molecule has 0 aliphatic rings. The van der Waals surface area contributed by atoms with Crippen molar-refractivity contribution in [1.82, 2.24) is 0 Å². The minimum atomic E-state index is -2.59. The van der Waals surface area contributed by atoms with Gasteiger partial charge in [-0.05, 0) is 32.3 Å². The van der Waals surface area contributed by atoms with Crippen LogP contribution < -0.4 is 0 Å². The third-order valence-electron chi connectivity index (χ3n) is 3.05. The summed E-state index contributed by atoms with van der Waals surface area (Å²) in [6.07, 6.45) is 0. The van der Waals surface area contributed by atoms with Gasteiger partial charge in [0, 0.05) is 31.2 Å². The van der Waals surface area contributed by atoms with E-state index in [4.69, 9.17) is 13.3 Å². The van der Waals surface area contributed by atoms with Gasteiger partial charge in [-0.2, -0.15) is 0 Å². The molecule has 5 heteroatoms. The average Bonchev–Trinajstić information content (AvgIpc) is 2.46. The zero-order chi connectivity index (χ0) is 14.8. The summed E-state index contributed by atoms with van der Waals surface area (Å²) in [5.74, 6) is 0.340. The molecule has 0 spiro atoms. The lowest BCUT2D eigenvalue weighted by Gasteiger charge is -2.31. The van der Waals surface area contributed by atoms with Crippen molar-refractivity contribution in [2.24, 2.45) is 0 Å². The lowest BCUT2D eigenvalue weighted by atomic mass is 10.0. The molecule has 1 rings (SSSR count). The molecule has 0 saturated carbocycles. The van der Waals surface area contributed by atoms with E-state index in [1.165, 1.54) is 5.56 Å². The number of hydrogen-bond donors (Lipinski definition) is 0. The van der Waals surface area contributed by atoms with E-state index in [-0.39, 0.29) is 0 Å². The molecule has 20 heavy (non-hydrogen) atoms. The predicted molar refractivity (Wildman–Crippen MR) is 88.4 cm³/mol. The van der Waals surface area contributed by atoms with Crippen LogP contribution in [0.1, 0.15) is 32.3 Å². The maximum Gasteiger partial charge on any atom is 0.501 e. The molecule has 0 saturated heterocycles. The first-order valence-electron chi connectivity index (χ1n) is 7.24. The molecule has 0 aliphatic carbocycles. The van der Waals surface area contributed by atoms with E-state index >= 15 is 0 Å². The molecule has 0 aromatic heterocycles. The average molecular weight is 361 g/mol. The second-order valence-electron chi connectivity index (χ2n) is 4.45. The fourth-order valence-electron chi connectivity index (χ4n) is 2.25. The molecule has 1 aromatic rings. The molecule has 1 unspecified atom stereocenters. The van der Waals surface area contributed by atoms with Crippen LogP contribution in [-0.2, 0) is 13.3 Å². The Morgan fingerprint density at radius 3 is 1.85 bits per heavy atom. The summed E-state index contributed by atoms with van der Waals surface area (Å²) in [4.78, 5) is 0. The van der Waals surface area contributed by atoms with Crippen LogP contribution in [0.2, 0.25) is 6.04 Å². The molecular weight excluding hydrogens is 336 g/mol. The van der Waals surface area contributed by atoms with Crippen LogP contribution >= 0.6 is 15.9 Å². The Morgan fingerprint density at radius 1 is 0.950 bits per heavy atom. The zero-order valence-corrected chi connectivity index (χ0v) is 15.2. The minimum Gasteiger partial charge on any atom is -0.374 e. The predicted octanol–water partition coefficient (Wildman–Crippen LogP) is 4.21. The lowest BCUT2D eigenvalue weighted by Crippen LogP contribution is -2.47. The third kappa shape index (κ3) is 5.29. The Hall–Kier alpha value is -0.203. The number of hydrogen-bond acceptors (Lipinski definition) is 3. The monoisotopic (exact) mass is 360 g/mol. The molecule has 0 bridgehead atoms. The van der Waals surface area contributed by atoms with Gasteiger partial charge in [-0.15, -0.1) is 0 Å². The van der Waals surface area contributed by atoms with Crippen molar-refractivity contribution in [3.63, 3.8) is 0 Å². The van der Waals surface area contributed by atoms with Gasteiger partial charge in [0.1, 0.15) is 0 Å². The first kappa shape index (κ1) is 17.8. The Kier molecular flexibility index (Phi) is 8.64. The Balaban J connectivity index is 2.89. The van der Waals surface area contributed by atoms with Gasteiger partial charge >= 0.3 is 8.80 Å². The Bertz CT molecular complexity index is 344. The maximum absolute atomic E-state index is 5.94. The molecule has 1 aromatic carbocycles. The lowest BCUT2D eigenvalue weighted by molar-refractivity contribution is 0.0700. The minimum absolute atomic E-state index is 0.340. The summed E-state index contributed by atoms with van der Waals surface area (Å²) >= 11 is 3.61. The molecule has 0 fully saturated rings. The molecule has 1 atom stereocenters. The van der Waals surface area contributed by atoms with Crippen LogP contribution in [0.4, 0.5) is 0 Å². The van der Waals surface area contributed by atoms with Crippen LogP contribution in [-0.4, -0.2) is 34.0 Å². The highest BCUT2D eigenvalue weighted by atomic mass is 79.9. The Labute approximate surface area is 132 Å². The molecule has 0 aliphatic heterocycles. The fourth-order valence-corrected chi connectivity index (χ4v) is 6.18. The van der Waals surface area contributed by atoms with E-state index in [1.807, 2.05) is 26.8 Å². The topological polar surface area (TPSA) is 27.7 Å². The van der Waals surface area contributed by atoms with Crippen molar-refractivity contribution in [3.8, 4) is 0 Å². The summed E-state index contributed by atoms with van der Waals surface area (Å²) in [5, 5.41) is 0.874. The van der Waals surface area contributed by atoms with Gasteiger partial charge in [0.05, 0.1) is 0 Å². The van der Waals surface area contributed by atoms with Gasteiger partial charge in [-0.25, -0.2) is 0 Å². The van der Waals surface area contributed by atoms with Gasteiger partial charge in [-0.3, -0.25) is 0 Å². The van der Waals surface area contributed by atoms with E-state index in [2.05, 4.69) is 40.2 Å². The van der Waals surface area contributed by atoms with E-state index < -0.39 is 8.80 Å². The summed E-state index contributed by atoms with van der Waals surface area (Å²) < 4.78 is 17.8. The van der Waals surface area contributed by atoms with Crippen LogP contribution in [0.5, 0.6) is 0 Å². The van der Waals surface area contributed by atoms with Gasteiger partial charge in [0.15, 0.2) is 0 Å². The van der Waals surface area contributed by atoms with Crippen molar-refractivity contribution in [3.05, 3.63) is 35.9 Å². The van der Waals surface area contributed by atoms with E-state index in [9.17, 15) is 0 Å². The highest BCUT2D eigenvalue weighted by molar-refractivity contribution is 9.09. The standard InChI is InChI=1S/C15H25BrO3Si/c1-4-17-20(18-5-2,19-6-3)13-15(12-16)14-10-8-7-9-11-14/h7-11,15H,4-6,12-13H2,1-3H3. The second-order valence-corrected chi connectivity index (χ2v) is 7.74. The molecule has 0 heterocycles. The first-order chi connectivity index (χ1) is 9.71. The SMILES string of the molecule is CCO[Si](CC(CBr)c1ccccc1)(OCC)OCC. The van der Waals surface area contributed by atoms with Crippen LogP contribution in [0.3, 0.4) is 0 Å². The first-order valence-corrected chi connectivity index (χ1v) is 10.3. The van der Waals surface area contributed by atoms with Crippen molar-refractivity contribution >= 4 is 24.7 Å². The molecule has 0 N–H and O–H groups in total. The summed E-state index contributed by atoms with van der Waals surface area (Å²) in [6, 6.07) is 11.3. The summed E-state index contributed by atoms with van der Waals surface area (Å²) in [7, 11) is -2.59. The van der Waals surface area contributed by atoms with Crippen molar-refractivity contribution in [2.75, 3.05) is 25.2 Å². The largest absolute Gasteiger partial charge is 0.501 e. The van der Waals surface area contributed by atoms with Crippen LogP contribution in [0.25, 0.3) is 0 Å². The number of alkyl halides is 1. The number of rotatable bonds is 10. The number of halogens is 1. The molecule has 0 amide bonds. The second kappa shape index (κ2) is 9.68. The van der Waals surface area contributed by atoms with Crippen LogP contribution in [0.15, 0.2) is 30.3 Å². The smallest absolute Gasteiger partial charge is 0.374 e. The fraction of sp³-hybridized carbons (Fsp3) is 0.600. The Morgan fingerprint density at radius 2 is 1.45 bits per heavy atom. The maximum atomic E-state index is 5.94. The molecule has 114 valence electrons. The molecule has 3 nitrogen and oxygen atoms in total. The van der Waals surface area contributed by atoms with E-state index in [0.29, 0.717) is 25.7 Å². The van der Waals surface area contributed by atoms with E-state index in [1.54, 1.807) is 0 Å². The summed E-state index contributed by atoms with van der Waals surface area (Å²) in [6.45, 7) is 7.84.